The topological polar surface area (TPSA) is 87.7 Å². The lowest BCUT2D eigenvalue weighted by molar-refractivity contribution is -0.127. The zero-order valence-electron chi connectivity index (χ0n) is 20.6. The van der Waals surface area contributed by atoms with Gasteiger partial charge in [0, 0.05) is 36.3 Å². The molecule has 2 aromatic rings. The Labute approximate surface area is 207 Å². The molecule has 0 bridgehead atoms. The molecule has 7 nitrogen and oxygen atoms in total. The maximum Gasteiger partial charge on any atom is 0.253 e. The molecule has 1 aliphatic heterocycles. The third-order valence-electron chi connectivity index (χ3n) is 7.22. The fourth-order valence-electron chi connectivity index (χ4n) is 5.14. The van der Waals surface area contributed by atoms with Crippen LogP contribution in [0.25, 0.3) is 0 Å². The average Bonchev–Trinajstić information content (AvgIpc) is 2.89. The summed E-state index contributed by atoms with van der Waals surface area (Å²) in [6.45, 7) is 2.98. The first-order valence-electron chi connectivity index (χ1n) is 12.6. The van der Waals surface area contributed by atoms with Crippen LogP contribution in [0.1, 0.15) is 64.8 Å². The number of amides is 3. The van der Waals surface area contributed by atoms with Crippen molar-refractivity contribution in [2.45, 2.75) is 57.5 Å². The minimum Gasteiger partial charge on any atom is -0.497 e. The van der Waals surface area contributed by atoms with Gasteiger partial charge in [-0.15, -0.1) is 0 Å². The number of ether oxygens (including phenoxy) is 1. The highest BCUT2D eigenvalue weighted by molar-refractivity contribution is 5.96. The number of nitrogens with zero attached hydrogens (tertiary/aromatic N) is 1. The van der Waals surface area contributed by atoms with E-state index < -0.39 is 0 Å². The van der Waals surface area contributed by atoms with Crippen molar-refractivity contribution in [3.63, 3.8) is 0 Å². The van der Waals surface area contributed by atoms with Gasteiger partial charge in [-0.05, 0) is 68.5 Å². The van der Waals surface area contributed by atoms with Gasteiger partial charge < -0.3 is 20.3 Å². The van der Waals surface area contributed by atoms with Gasteiger partial charge in [-0.25, -0.2) is 0 Å². The number of piperidine rings is 1. The maximum absolute atomic E-state index is 13.2. The first-order valence-corrected chi connectivity index (χ1v) is 12.6. The summed E-state index contributed by atoms with van der Waals surface area (Å²) in [4.78, 5) is 40.9. The Kier molecular flexibility index (Phi) is 8.06. The highest BCUT2D eigenvalue weighted by Gasteiger charge is 2.33. The van der Waals surface area contributed by atoms with E-state index >= 15 is 0 Å². The summed E-state index contributed by atoms with van der Waals surface area (Å²) in [7, 11) is 1.59. The zero-order chi connectivity index (χ0) is 24.8. The van der Waals surface area contributed by atoms with Crippen LogP contribution in [-0.4, -0.2) is 54.9 Å². The molecule has 1 aliphatic carbocycles. The van der Waals surface area contributed by atoms with Crippen molar-refractivity contribution in [2.75, 3.05) is 20.2 Å². The summed E-state index contributed by atoms with van der Waals surface area (Å²) in [5.74, 6) is 0.267. The predicted octanol–water partition coefficient (Wildman–Crippen LogP) is 3.71. The molecule has 3 amide bonds. The monoisotopic (exact) mass is 477 g/mol. The smallest absolute Gasteiger partial charge is 0.253 e. The summed E-state index contributed by atoms with van der Waals surface area (Å²) >= 11 is 0. The molecule has 2 fully saturated rings. The van der Waals surface area contributed by atoms with Crippen LogP contribution in [0, 0.1) is 12.8 Å². The maximum atomic E-state index is 13.2. The van der Waals surface area contributed by atoms with E-state index in [2.05, 4.69) is 10.6 Å². The van der Waals surface area contributed by atoms with Crippen molar-refractivity contribution >= 4 is 17.7 Å². The van der Waals surface area contributed by atoms with E-state index in [9.17, 15) is 14.4 Å². The Morgan fingerprint density at radius 2 is 1.57 bits per heavy atom. The van der Waals surface area contributed by atoms with Crippen LogP contribution in [0.15, 0.2) is 48.5 Å². The van der Waals surface area contributed by atoms with E-state index in [1.165, 1.54) is 0 Å². The van der Waals surface area contributed by atoms with Gasteiger partial charge in [0.1, 0.15) is 5.75 Å². The number of carbonyl (C=O) groups excluding carboxylic acids is 3. The summed E-state index contributed by atoms with van der Waals surface area (Å²) in [5, 5.41) is 6.38. The summed E-state index contributed by atoms with van der Waals surface area (Å²) < 4.78 is 5.17. The number of benzene rings is 2. The molecular formula is C28H35N3O4. The van der Waals surface area contributed by atoms with E-state index in [1.54, 1.807) is 36.3 Å². The molecule has 1 heterocycles. The lowest BCUT2D eigenvalue weighted by Crippen LogP contribution is -2.55. The van der Waals surface area contributed by atoms with Crippen molar-refractivity contribution in [1.82, 2.24) is 15.5 Å². The number of nitrogens with one attached hydrogen (secondary N) is 2. The normalized spacial score (nSPS) is 22.2. The van der Waals surface area contributed by atoms with E-state index in [-0.39, 0.29) is 35.7 Å². The average molecular weight is 478 g/mol. The fraction of sp³-hybridized carbons (Fsp3) is 0.464. The quantitative estimate of drug-likeness (QED) is 0.664. The molecule has 186 valence electrons. The number of aryl methyl sites for hydroxylation is 1. The van der Waals surface area contributed by atoms with E-state index in [0.29, 0.717) is 30.0 Å². The number of likely N-dealkylation sites (tertiary alicyclic amines) is 1. The number of hydrogen-bond donors (Lipinski definition) is 2. The number of rotatable bonds is 6. The van der Waals surface area contributed by atoms with Crippen molar-refractivity contribution in [3.8, 4) is 5.75 Å². The van der Waals surface area contributed by atoms with E-state index in [1.807, 2.05) is 31.2 Å². The van der Waals surface area contributed by atoms with Crippen molar-refractivity contribution in [3.05, 3.63) is 65.2 Å². The van der Waals surface area contributed by atoms with Crippen molar-refractivity contribution in [2.24, 2.45) is 5.92 Å². The van der Waals surface area contributed by atoms with Crippen molar-refractivity contribution in [1.29, 1.82) is 0 Å². The second-order valence-corrected chi connectivity index (χ2v) is 9.61. The van der Waals surface area contributed by atoms with Crippen LogP contribution in [-0.2, 0) is 4.79 Å². The molecule has 1 saturated heterocycles. The van der Waals surface area contributed by atoms with Crippen molar-refractivity contribution < 1.29 is 19.1 Å². The molecule has 0 radical (unpaired) electrons. The Hall–Kier alpha value is -3.35. The van der Waals surface area contributed by atoms with E-state index in [4.69, 9.17) is 4.74 Å². The minimum atomic E-state index is -0.249. The van der Waals surface area contributed by atoms with E-state index in [0.717, 1.165) is 44.1 Å². The molecule has 1 saturated carbocycles. The largest absolute Gasteiger partial charge is 0.497 e. The van der Waals surface area contributed by atoms with Crippen LogP contribution in [0.5, 0.6) is 5.75 Å². The molecule has 4 rings (SSSR count). The fourth-order valence-corrected chi connectivity index (χ4v) is 5.14. The second-order valence-electron chi connectivity index (χ2n) is 9.61. The van der Waals surface area contributed by atoms with Crippen LogP contribution in [0.2, 0.25) is 0 Å². The highest BCUT2D eigenvalue weighted by atomic mass is 16.5. The number of methoxy groups -OCH3 is 1. The van der Waals surface area contributed by atoms with Gasteiger partial charge in [-0.3, -0.25) is 14.4 Å². The van der Waals surface area contributed by atoms with Gasteiger partial charge in [-0.1, -0.05) is 31.0 Å². The molecular weight excluding hydrogens is 442 g/mol. The molecule has 2 aromatic carbocycles. The van der Waals surface area contributed by atoms with Crippen LogP contribution >= 0.6 is 0 Å². The van der Waals surface area contributed by atoms with Gasteiger partial charge in [0.15, 0.2) is 0 Å². The Morgan fingerprint density at radius 1 is 0.886 bits per heavy atom. The van der Waals surface area contributed by atoms with Crippen LogP contribution < -0.4 is 15.4 Å². The SMILES string of the molecule is COc1ccc(C(=O)N2CCC[C@@H](C(=O)N[C@@H]3CCCC[C@H]3NC(=O)c3ccccc3C)C2)cc1. The minimum absolute atomic E-state index is 0.0285. The molecule has 2 N–H and O–H groups in total. The van der Waals surface area contributed by atoms with Gasteiger partial charge in [0.2, 0.25) is 5.91 Å². The molecule has 3 atom stereocenters. The number of carbonyl (C=O) groups is 3. The van der Waals surface area contributed by atoms with Crippen LogP contribution in [0.3, 0.4) is 0 Å². The molecule has 0 aromatic heterocycles. The lowest BCUT2D eigenvalue weighted by atomic mass is 9.88. The molecule has 35 heavy (non-hydrogen) atoms. The summed E-state index contributed by atoms with van der Waals surface area (Å²) in [5.41, 5.74) is 2.20. The Bertz CT molecular complexity index is 1050. The Morgan fingerprint density at radius 3 is 2.26 bits per heavy atom. The van der Waals surface area contributed by atoms with Gasteiger partial charge in [0.05, 0.1) is 13.0 Å². The Balaban J connectivity index is 1.36. The third-order valence-corrected chi connectivity index (χ3v) is 7.22. The van der Waals surface area contributed by atoms with Gasteiger partial charge in [-0.2, -0.15) is 0 Å². The molecule has 2 aliphatic rings. The van der Waals surface area contributed by atoms with Gasteiger partial charge in [0.25, 0.3) is 11.8 Å². The van der Waals surface area contributed by atoms with Crippen LogP contribution in [0.4, 0.5) is 0 Å². The summed E-state index contributed by atoms with van der Waals surface area (Å²) in [6.07, 6.45) is 5.28. The molecule has 0 unspecified atom stereocenters. The highest BCUT2D eigenvalue weighted by Crippen LogP contribution is 2.23. The predicted molar refractivity (Wildman–Crippen MR) is 134 cm³/mol. The first kappa shape index (κ1) is 24.8. The lowest BCUT2D eigenvalue weighted by Gasteiger charge is -2.36. The molecule has 0 spiro atoms. The first-order chi connectivity index (χ1) is 17.0. The van der Waals surface area contributed by atoms with Gasteiger partial charge >= 0.3 is 0 Å². The second kappa shape index (κ2) is 11.4. The standard InChI is InChI=1S/C28H35N3O4/c1-19-8-3-4-10-23(19)27(33)30-25-12-6-5-11-24(25)29-26(32)21-9-7-17-31(18-21)28(34)20-13-15-22(35-2)16-14-20/h3-4,8,10,13-16,21,24-25H,5-7,9,11-12,17-18H2,1-2H3,(H,29,32)(H,30,33)/t21-,24-,25-/m1/s1. The summed E-state index contributed by atoms with van der Waals surface area (Å²) in [6, 6.07) is 14.4. The zero-order valence-corrected chi connectivity index (χ0v) is 20.6. The molecule has 7 heteroatoms. The third kappa shape index (κ3) is 6.02. The number of hydrogen-bond acceptors (Lipinski definition) is 4.